The molecule has 0 amide bonds. The van der Waals surface area contributed by atoms with Crippen LogP contribution in [0.1, 0.15) is 42.4 Å². The van der Waals surface area contributed by atoms with E-state index in [1.807, 2.05) is 6.92 Å². The van der Waals surface area contributed by atoms with Gasteiger partial charge < -0.3 is 23.4 Å². The molecule has 0 aromatic heterocycles. The third-order valence-corrected chi connectivity index (χ3v) is 6.31. The standard InChI is InChI=1S/C16H29N2O4P/c1-7-16-11-19-14(10-20-16)15(16)22-23(21-9-8-17-6)18(12(2)3)13(4)5/h12-15H,7-11H2,1-5H3/t14-,15-,16-,23?/m0/s1/i7D/t7?,14-,15-,16-,23?. The second-order valence-corrected chi connectivity index (χ2v) is 7.86. The maximum absolute atomic E-state index is 8.20. The first-order valence-corrected chi connectivity index (χ1v) is 9.35. The van der Waals surface area contributed by atoms with Crippen molar-refractivity contribution >= 4 is 8.53 Å². The normalized spacial score (nSPS) is 33.3. The molecule has 2 unspecified atom stereocenters. The van der Waals surface area contributed by atoms with Gasteiger partial charge in [-0.2, -0.15) is 0 Å². The van der Waals surface area contributed by atoms with Crippen LogP contribution in [-0.2, 0) is 18.5 Å². The van der Waals surface area contributed by atoms with Crippen LogP contribution in [0, 0.1) is 6.57 Å². The molecular formula is C16H29N2O4P. The van der Waals surface area contributed by atoms with Gasteiger partial charge in [-0.3, -0.25) is 0 Å². The Labute approximate surface area is 142 Å². The molecule has 0 aromatic carbocycles. The Bertz CT molecular complexity index is 442. The highest BCUT2D eigenvalue weighted by atomic mass is 31.2. The van der Waals surface area contributed by atoms with Crippen LogP contribution in [-0.4, -0.2) is 60.9 Å². The first-order valence-electron chi connectivity index (χ1n) is 8.80. The molecule has 2 fully saturated rings. The molecule has 2 aliphatic heterocycles. The largest absolute Gasteiger partial charge is 0.370 e. The molecule has 2 bridgehead atoms. The fourth-order valence-electron chi connectivity index (χ4n) is 3.09. The molecule has 6 nitrogen and oxygen atoms in total. The predicted molar refractivity (Wildman–Crippen MR) is 90.0 cm³/mol. The lowest BCUT2D eigenvalue weighted by Crippen LogP contribution is -2.42. The van der Waals surface area contributed by atoms with Gasteiger partial charge in [-0.15, -0.1) is 0 Å². The molecule has 7 heteroatoms. The van der Waals surface area contributed by atoms with E-state index in [0.29, 0.717) is 26.4 Å². The number of nitrogens with zero attached hydrogens (tertiary/aromatic N) is 2. The zero-order valence-electron chi connectivity index (χ0n) is 15.7. The quantitative estimate of drug-likeness (QED) is 0.365. The molecule has 23 heavy (non-hydrogen) atoms. The van der Waals surface area contributed by atoms with Crippen molar-refractivity contribution < 1.29 is 19.9 Å². The highest BCUT2D eigenvalue weighted by Gasteiger charge is 2.58. The average molecular weight is 345 g/mol. The topological polar surface area (TPSA) is 44.5 Å². The van der Waals surface area contributed by atoms with Gasteiger partial charge in [-0.05, 0) is 34.1 Å². The number of fused-ring (bicyclic) bond motifs is 2. The molecule has 0 radical (unpaired) electrons. The summed E-state index contributed by atoms with van der Waals surface area (Å²) in [6, 6.07) is 0.489. The number of rotatable bonds is 9. The van der Waals surface area contributed by atoms with Crippen LogP contribution in [0.5, 0.6) is 0 Å². The Morgan fingerprint density at radius 3 is 2.61 bits per heavy atom. The van der Waals surface area contributed by atoms with Crippen molar-refractivity contribution in [1.29, 1.82) is 0 Å². The summed E-state index contributed by atoms with van der Waals surface area (Å²) in [5.74, 6) is 0. The van der Waals surface area contributed by atoms with E-state index in [2.05, 4.69) is 37.2 Å². The molecule has 0 aromatic rings. The van der Waals surface area contributed by atoms with Gasteiger partial charge in [0.05, 0.1) is 13.2 Å². The van der Waals surface area contributed by atoms with Crippen molar-refractivity contribution in [3.63, 3.8) is 0 Å². The Hall–Kier alpha value is -0.280. The van der Waals surface area contributed by atoms with Gasteiger partial charge in [0.15, 0.2) is 0 Å². The minimum atomic E-state index is -1.35. The Morgan fingerprint density at radius 2 is 2.13 bits per heavy atom. The number of hydrogen-bond acceptors (Lipinski definition) is 5. The zero-order chi connectivity index (χ0) is 17.9. The third-order valence-electron chi connectivity index (χ3n) is 4.20. The highest BCUT2D eigenvalue weighted by Crippen LogP contribution is 2.52. The van der Waals surface area contributed by atoms with Gasteiger partial charge >= 0.3 is 0 Å². The summed E-state index contributed by atoms with van der Waals surface area (Å²) in [6.07, 6.45) is -0.890. The summed E-state index contributed by atoms with van der Waals surface area (Å²) in [6.45, 7) is 18.7. The van der Waals surface area contributed by atoms with E-state index < -0.39 is 20.5 Å². The molecule has 2 saturated heterocycles. The summed E-state index contributed by atoms with van der Waals surface area (Å²) in [4.78, 5) is 3.35. The van der Waals surface area contributed by atoms with Gasteiger partial charge in [-0.1, -0.05) is 6.92 Å². The van der Waals surface area contributed by atoms with Gasteiger partial charge in [0.2, 0.25) is 6.54 Å². The van der Waals surface area contributed by atoms with Gasteiger partial charge in [0.1, 0.15) is 24.4 Å². The second-order valence-electron chi connectivity index (χ2n) is 6.45. The molecule has 2 heterocycles. The monoisotopic (exact) mass is 345 g/mol. The second kappa shape index (κ2) is 8.20. The smallest absolute Gasteiger partial charge is 0.259 e. The van der Waals surface area contributed by atoms with E-state index in [-0.39, 0.29) is 24.3 Å². The summed E-state index contributed by atoms with van der Waals surface area (Å²) < 4.78 is 34.4. The Balaban J connectivity index is 2.17. The number of ether oxygens (including phenoxy) is 2. The zero-order valence-corrected chi connectivity index (χ0v) is 15.6. The molecule has 0 N–H and O–H groups in total. The van der Waals surface area contributed by atoms with E-state index in [4.69, 9.17) is 26.5 Å². The molecular weight excluding hydrogens is 315 g/mol. The Morgan fingerprint density at radius 1 is 1.43 bits per heavy atom. The van der Waals surface area contributed by atoms with Crippen molar-refractivity contribution in [2.24, 2.45) is 0 Å². The minimum absolute atomic E-state index is 0.145. The van der Waals surface area contributed by atoms with E-state index in [0.717, 1.165) is 0 Å². The molecule has 0 saturated carbocycles. The van der Waals surface area contributed by atoms with Crippen molar-refractivity contribution in [2.45, 2.75) is 70.9 Å². The highest BCUT2D eigenvalue weighted by molar-refractivity contribution is 7.44. The molecule has 0 spiro atoms. The Kier molecular flexibility index (Phi) is 6.25. The minimum Gasteiger partial charge on any atom is -0.370 e. The van der Waals surface area contributed by atoms with Gasteiger partial charge in [0.25, 0.3) is 8.53 Å². The molecule has 132 valence electrons. The van der Waals surface area contributed by atoms with Crippen molar-refractivity contribution in [3.8, 4) is 0 Å². The maximum Gasteiger partial charge on any atom is 0.259 e. The van der Waals surface area contributed by atoms with E-state index in [9.17, 15) is 0 Å². The lowest BCUT2D eigenvalue weighted by molar-refractivity contribution is -0.101. The SMILES string of the molecule is [2H]C(C)[C@@]12CO[C@@H](CO1)[C@@H]2OP(OCC[N+]#[C-])N(C(C)C)C(C)C. The average Bonchev–Trinajstić information content (AvgIpc) is 3.03. The van der Waals surface area contributed by atoms with Crippen molar-refractivity contribution in [3.05, 3.63) is 11.4 Å². The van der Waals surface area contributed by atoms with Crippen LogP contribution in [0.25, 0.3) is 4.85 Å². The van der Waals surface area contributed by atoms with Crippen LogP contribution in [0.2, 0.25) is 0 Å². The summed E-state index contributed by atoms with van der Waals surface area (Å²) in [5.41, 5.74) is -0.714. The third kappa shape index (κ3) is 4.04. The van der Waals surface area contributed by atoms with E-state index >= 15 is 0 Å². The maximum atomic E-state index is 8.20. The van der Waals surface area contributed by atoms with Gasteiger partial charge in [-0.25, -0.2) is 11.2 Å². The molecule has 2 aliphatic rings. The van der Waals surface area contributed by atoms with Crippen molar-refractivity contribution in [1.82, 2.24) is 4.67 Å². The molecule has 5 atom stereocenters. The summed E-state index contributed by atoms with van der Waals surface area (Å²) in [7, 11) is -1.35. The first kappa shape index (κ1) is 17.5. The van der Waals surface area contributed by atoms with Gasteiger partial charge in [0, 0.05) is 13.5 Å². The van der Waals surface area contributed by atoms with Crippen LogP contribution in [0.4, 0.5) is 0 Å². The van der Waals surface area contributed by atoms with Crippen LogP contribution < -0.4 is 0 Å². The summed E-state index contributed by atoms with van der Waals surface area (Å²) >= 11 is 0. The molecule has 0 aliphatic carbocycles. The van der Waals surface area contributed by atoms with E-state index in [1.54, 1.807) is 0 Å². The lowest BCUT2D eigenvalue weighted by Gasteiger charge is -2.38. The molecule has 2 rings (SSSR count). The fraction of sp³-hybridized carbons (Fsp3) is 0.938. The van der Waals surface area contributed by atoms with Crippen LogP contribution >= 0.6 is 8.53 Å². The summed E-state index contributed by atoms with van der Waals surface area (Å²) in [5, 5.41) is 0. The predicted octanol–water partition coefficient (Wildman–Crippen LogP) is 3.23. The first-order chi connectivity index (χ1) is 11.3. The van der Waals surface area contributed by atoms with Crippen LogP contribution in [0.15, 0.2) is 0 Å². The lowest BCUT2D eigenvalue weighted by atomic mass is 9.97. The number of hydrogen-bond donors (Lipinski definition) is 0. The van der Waals surface area contributed by atoms with Crippen molar-refractivity contribution in [2.75, 3.05) is 26.4 Å². The van der Waals surface area contributed by atoms with E-state index in [1.165, 1.54) is 0 Å². The van der Waals surface area contributed by atoms with Crippen LogP contribution in [0.3, 0.4) is 0 Å². The fourth-order valence-corrected chi connectivity index (χ4v) is 4.90.